The van der Waals surface area contributed by atoms with Crippen molar-refractivity contribution in [2.45, 2.75) is 56.4 Å². The Morgan fingerprint density at radius 3 is 2.41 bits per heavy atom. The number of rotatable bonds is 5. The van der Waals surface area contributed by atoms with Crippen LogP contribution >= 0.6 is 22.6 Å². The second-order valence-electron chi connectivity index (χ2n) is 7.59. The van der Waals surface area contributed by atoms with Crippen LogP contribution in [-0.4, -0.2) is 25.4 Å². The maximum Gasteiger partial charge on any atom is 0.179 e. The Morgan fingerprint density at radius 2 is 1.78 bits per heavy atom. The lowest BCUT2D eigenvalue weighted by molar-refractivity contribution is 0.0174. The fourth-order valence-electron chi connectivity index (χ4n) is 4.35. The van der Waals surface area contributed by atoms with Crippen LogP contribution in [0.3, 0.4) is 0 Å². The van der Waals surface area contributed by atoms with Crippen LogP contribution in [-0.2, 0) is 9.84 Å². The van der Waals surface area contributed by atoms with Crippen LogP contribution in [0.2, 0.25) is 0 Å². The number of hydrogen-bond donors (Lipinski definition) is 1. The van der Waals surface area contributed by atoms with Crippen molar-refractivity contribution in [3.05, 3.63) is 63.2 Å². The van der Waals surface area contributed by atoms with Gasteiger partial charge in [-0.05, 0) is 64.8 Å². The van der Waals surface area contributed by atoms with E-state index in [1.165, 1.54) is 0 Å². The number of unbranched alkanes of at least 4 members (excludes halogenated alkanes) is 1. The van der Waals surface area contributed by atoms with Gasteiger partial charge in [-0.1, -0.05) is 57.0 Å². The lowest BCUT2D eigenvalue weighted by Crippen LogP contribution is -2.42. The molecule has 3 nitrogen and oxygen atoms in total. The summed E-state index contributed by atoms with van der Waals surface area (Å²) >= 11 is 2.26. The number of aliphatic hydroxyl groups excluding tert-OH is 1. The number of aliphatic hydroxyl groups is 1. The molecule has 27 heavy (non-hydrogen) atoms. The molecule has 0 saturated heterocycles. The zero-order valence-electron chi connectivity index (χ0n) is 15.9. The monoisotopic (exact) mass is 498 g/mol. The van der Waals surface area contributed by atoms with Crippen molar-refractivity contribution < 1.29 is 13.5 Å². The van der Waals surface area contributed by atoms with E-state index in [9.17, 15) is 13.5 Å². The van der Waals surface area contributed by atoms with E-state index in [-0.39, 0.29) is 11.7 Å². The van der Waals surface area contributed by atoms with E-state index in [0.717, 1.165) is 34.0 Å². The number of sulfone groups is 1. The third-order valence-corrected chi connectivity index (χ3v) is 8.69. The van der Waals surface area contributed by atoms with Crippen molar-refractivity contribution in [2.24, 2.45) is 5.41 Å². The van der Waals surface area contributed by atoms with Crippen molar-refractivity contribution in [1.82, 2.24) is 0 Å². The Morgan fingerprint density at radius 1 is 1.11 bits per heavy atom. The molecule has 3 rings (SSSR count). The number of benzene rings is 2. The van der Waals surface area contributed by atoms with Crippen molar-refractivity contribution in [1.29, 1.82) is 0 Å². The van der Waals surface area contributed by atoms with Crippen LogP contribution in [0.25, 0.3) is 0 Å². The fraction of sp³-hybridized carbons (Fsp3) is 0.455. The summed E-state index contributed by atoms with van der Waals surface area (Å²) < 4.78 is 27.7. The van der Waals surface area contributed by atoms with E-state index in [0.29, 0.717) is 11.3 Å². The van der Waals surface area contributed by atoms with E-state index >= 15 is 0 Å². The minimum atomic E-state index is -3.47. The molecule has 2 aromatic rings. The van der Waals surface area contributed by atoms with Gasteiger partial charge in [-0.15, -0.1) is 0 Å². The van der Waals surface area contributed by atoms with Crippen LogP contribution in [0.5, 0.6) is 0 Å². The van der Waals surface area contributed by atoms with Gasteiger partial charge in [0.1, 0.15) is 0 Å². The highest BCUT2D eigenvalue weighted by molar-refractivity contribution is 14.1. The molecule has 0 aliphatic carbocycles. The quantitative estimate of drug-likeness (QED) is 0.580. The van der Waals surface area contributed by atoms with Crippen molar-refractivity contribution >= 4 is 32.4 Å². The molecular formula is C22H27IO3S. The summed E-state index contributed by atoms with van der Waals surface area (Å²) in [5.41, 5.74) is 1.06. The molecule has 146 valence electrons. The van der Waals surface area contributed by atoms with Gasteiger partial charge >= 0.3 is 0 Å². The van der Waals surface area contributed by atoms with Crippen LogP contribution < -0.4 is 0 Å². The standard InChI is InChI=1S/C22H27IO3S/c1-3-5-14-22(4-2)15-27(25,26)19-9-7-6-8-18(19)20(21(22)24)16-10-12-17(23)13-11-16/h6-13,20-21,24H,3-5,14-15H2,1-2H3/t20-,21-,22+/m0/s1. The van der Waals surface area contributed by atoms with Crippen LogP contribution in [0.4, 0.5) is 0 Å². The minimum absolute atomic E-state index is 0.00947. The van der Waals surface area contributed by atoms with Gasteiger partial charge in [-0.25, -0.2) is 8.42 Å². The van der Waals surface area contributed by atoms with E-state index in [2.05, 4.69) is 29.5 Å². The Kier molecular flexibility index (Phi) is 6.33. The Hall–Kier alpha value is -0.920. The highest BCUT2D eigenvalue weighted by Gasteiger charge is 2.48. The average molecular weight is 498 g/mol. The molecule has 0 unspecified atom stereocenters. The molecule has 0 spiro atoms. The Labute approximate surface area is 176 Å². The van der Waals surface area contributed by atoms with E-state index in [1.54, 1.807) is 12.1 Å². The summed E-state index contributed by atoms with van der Waals surface area (Å²) in [5, 5.41) is 11.6. The van der Waals surface area contributed by atoms with Gasteiger partial charge in [0, 0.05) is 14.9 Å². The van der Waals surface area contributed by atoms with Gasteiger partial charge in [0.05, 0.1) is 16.8 Å². The first kappa shape index (κ1) is 20.8. The van der Waals surface area contributed by atoms with Gasteiger partial charge in [0.25, 0.3) is 0 Å². The summed E-state index contributed by atoms with van der Waals surface area (Å²) in [6, 6.07) is 15.3. The second kappa shape index (κ2) is 8.21. The zero-order chi connectivity index (χ0) is 19.7. The molecule has 0 fully saturated rings. The molecule has 0 bridgehead atoms. The first-order valence-electron chi connectivity index (χ1n) is 9.60. The smallest absolute Gasteiger partial charge is 0.179 e. The van der Waals surface area contributed by atoms with Crippen LogP contribution in [0.1, 0.15) is 56.6 Å². The molecule has 0 amide bonds. The summed E-state index contributed by atoms with van der Waals surface area (Å²) in [5.74, 6) is -0.331. The molecule has 1 aliphatic rings. The van der Waals surface area contributed by atoms with Gasteiger partial charge in [0.2, 0.25) is 0 Å². The predicted octanol–water partition coefficient (Wildman–Crippen LogP) is 5.16. The molecule has 1 heterocycles. The van der Waals surface area contributed by atoms with Crippen LogP contribution in [0, 0.1) is 8.99 Å². The van der Waals surface area contributed by atoms with Crippen LogP contribution in [0.15, 0.2) is 53.4 Å². The maximum atomic E-state index is 13.3. The van der Waals surface area contributed by atoms with Crippen molar-refractivity contribution in [3.8, 4) is 0 Å². The first-order chi connectivity index (χ1) is 12.8. The summed E-state index contributed by atoms with van der Waals surface area (Å²) in [6.45, 7) is 4.11. The highest BCUT2D eigenvalue weighted by atomic mass is 127. The summed E-state index contributed by atoms with van der Waals surface area (Å²) in [4.78, 5) is 0.374. The molecule has 1 aliphatic heterocycles. The number of halogens is 1. The summed E-state index contributed by atoms with van der Waals surface area (Å²) in [6.07, 6.45) is 2.51. The zero-order valence-corrected chi connectivity index (χ0v) is 18.8. The first-order valence-corrected chi connectivity index (χ1v) is 12.3. The molecule has 0 radical (unpaired) electrons. The number of fused-ring (bicyclic) bond motifs is 1. The third-order valence-electron chi connectivity index (χ3n) is 5.97. The topological polar surface area (TPSA) is 54.4 Å². The van der Waals surface area contributed by atoms with Gasteiger partial charge < -0.3 is 5.11 Å². The van der Waals surface area contributed by atoms with E-state index in [4.69, 9.17) is 0 Å². The fourth-order valence-corrected chi connectivity index (χ4v) is 6.99. The Balaban J connectivity index is 2.25. The molecule has 0 aromatic heterocycles. The predicted molar refractivity (Wildman–Crippen MR) is 118 cm³/mol. The minimum Gasteiger partial charge on any atom is -0.392 e. The van der Waals surface area contributed by atoms with Crippen molar-refractivity contribution in [3.63, 3.8) is 0 Å². The lowest BCUT2D eigenvalue weighted by Gasteiger charge is -2.39. The molecule has 0 saturated carbocycles. The molecule has 3 atom stereocenters. The third kappa shape index (κ3) is 3.96. The normalized spacial score (nSPS) is 27.0. The second-order valence-corrected chi connectivity index (χ2v) is 10.8. The van der Waals surface area contributed by atoms with E-state index < -0.39 is 21.4 Å². The van der Waals surface area contributed by atoms with E-state index in [1.807, 2.05) is 43.3 Å². The molecular weight excluding hydrogens is 471 g/mol. The largest absolute Gasteiger partial charge is 0.392 e. The highest BCUT2D eigenvalue weighted by Crippen LogP contribution is 2.48. The van der Waals surface area contributed by atoms with Gasteiger partial charge in [0.15, 0.2) is 9.84 Å². The average Bonchev–Trinajstić information content (AvgIpc) is 2.73. The van der Waals surface area contributed by atoms with Gasteiger partial charge in [-0.3, -0.25) is 0 Å². The summed E-state index contributed by atoms with van der Waals surface area (Å²) in [7, 11) is -3.47. The SMILES string of the molecule is CCCC[C@]1(CC)CS(=O)(=O)c2ccccc2[C@H](c2ccc(I)cc2)[C@@H]1O. The molecule has 1 N–H and O–H groups in total. The lowest BCUT2D eigenvalue weighted by atomic mass is 9.69. The van der Waals surface area contributed by atoms with Gasteiger partial charge in [-0.2, -0.15) is 0 Å². The maximum absolute atomic E-state index is 13.3. The van der Waals surface area contributed by atoms with Crippen molar-refractivity contribution in [2.75, 3.05) is 5.75 Å². The molecule has 5 heteroatoms. The molecule has 2 aromatic carbocycles. The Bertz CT molecular complexity index is 892. The number of hydrogen-bond acceptors (Lipinski definition) is 3.